The van der Waals surface area contributed by atoms with Crippen molar-refractivity contribution in [2.45, 2.75) is 13.1 Å². The van der Waals surface area contributed by atoms with Crippen molar-refractivity contribution in [3.63, 3.8) is 0 Å². The number of halogens is 1. The Morgan fingerprint density at radius 3 is 2.61 bits per heavy atom. The van der Waals surface area contributed by atoms with Crippen molar-refractivity contribution in [3.05, 3.63) is 70.4 Å². The van der Waals surface area contributed by atoms with E-state index in [1.165, 1.54) is 23.0 Å². The van der Waals surface area contributed by atoms with Crippen molar-refractivity contribution >= 4 is 27.3 Å². The Labute approximate surface area is 168 Å². The average Bonchev–Trinajstić information content (AvgIpc) is 3.14. The molecule has 0 aliphatic carbocycles. The zero-order valence-electron chi connectivity index (χ0n) is 16.0. The fourth-order valence-corrected chi connectivity index (χ4v) is 4.50. The first-order chi connectivity index (χ1) is 13.6. The van der Waals surface area contributed by atoms with Crippen LogP contribution in [0.5, 0.6) is 0 Å². The number of thiophene rings is 1. The van der Waals surface area contributed by atoms with Gasteiger partial charge < -0.3 is 10.2 Å². The van der Waals surface area contributed by atoms with Gasteiger partial charge in [0.1, 0.15) is 5.82 Å². The first-order valence-electron chi connectivity index (χ1n) is 9.53. The summed E-state index contributed by atoms with van der Waals surface area (Å²) in [5.74, 6) is -0.450. The van der Waals surface area contributed by atoms with E-state index in [0.717, 1.165) is 43.0 Å². The summed E-state index contributed by atoms with van der Waals surface area (Å²) in [6.07, 6.45) is 0. The molecule has 2 aromatic carbocycles. The van der Waals surface area contributed by atoms with Gasteiger partial charge in [0.25, 0.3) is 5.91 Å². The summed E-state index contributed by atoms with van der Waals surface area (Å²) in [7, 11) is 2.16. The predicted molar refractivity (Wildman–Crippen MR) is 112 cm³/mol. The minimum absolute atomic E-state index is 0.162. The molecule has 0 bridgehead atoms. The number of hydrogen-bond donors (Lipinski definition) is 1. The molecule has 3 aromatic rings. The highest BCUT2D eigenvalue weighted by Gasteiger charge is 2.15. The van der Waals surface area contributed by atoms with Crippen molar-refractivity contribution in [3.8, 4) is 0 Å². The lowest BCUT2D eigenvalue weighted by Crippen LogP contribution is -2.43. The largest absolute Gasteiger partial charge is 0.347 e. The first kappa shape index (κ1) is 19.1. The SMILES string of the molecule is CN1CCN(Cc2cccc(CNC(=O)c3cc4c(F)cccc4s3)c2)CC1. The third kappa shape index (κ3) is 4.41. The Morgan fingerprint density at radius 1 is 1.07 bits per heavy atom. The maximum absolute atomic E-state index is 13.8. The van der Waals surface area contributed by atoms with Crippen LogP contribution in [0.25, 0.3) is 10.1 Å². The fraction of sp³-hybridized carbons (Fsp3) is 0.318. The van der Waals surface area contributed by atoms with Crippen LogP contribution >= 0.6 is 11.3 Å². The van der Waals surface area contributed by atoms with Gasteiger partial charge in [-0.15, -0.1) is 11.3 Å². The van der Waals surface area contributed by atoms with Gasteiger partial charge in [0.05, 0.1) is 4.88 Å². The van der Waals surface area contributed by atoms with E-state index < -0.39 is 0 Å². The molecular formula is C22H24FN3OS. The molecular weight excluding hydrogens is 373 g/mol. The van der Waals surface area contributed by atoms with Crippen LogP contribution in [0.3, 0.4) is 0 Å². The van der Waals surface area contributed by atoms with Crippen molar-refractivity contribution in [1.29, 1.82) is 0 Å². The lowest BCUT2D eigenvalue weighted by Gasteiger charge is -2.32. The monoisotopic (exact) mass is 397 g/mol. The maximum atomic E-state index is 13.8. The number of likely N-dealkylation sites (N-methyl/N-ethyl adjacent to an activating group) is 1. The number of nitrogens with zero attached hydrogens (tertiary/aromatic N) is 2. The van der Waals surface area contributed by atoms with E-state index >= 15 is 0 Å². The van der Waals surface area contributed by atoms with Crippen LogP contribution in [0.1, 0.15) is 20.8 Å². The Kier molecular flexibility index (Phi) is 5.71. The minimum atomic E-state index is -0.288. The average molecular weight is 398 g/mol. The summed E-state index contributed by atoms with van der Waals surface area (Å²) in [5.41, 5.74) is 2.34. The molecule has 1 fully saturated rings. The normalized spacial score (nSPS) is 15.8. The third-order valence-corrected chi connectivity index (χ3v) is 6.28. The lowest BCUT2D eigenvalue weighted by molar-refractivity contribution is 0.0955. The second-order valence-electron chi connectivity index (χ2n) is 7.34. The van der Waals surface area contributed by atoms with E-state index in [-0.39, 0.29) is 11.7 Å². The van der Waals surface area contributed by atoms with Crippen molar-refractivity contribution < 1.29 is 9.18 Å². The van der Waals surface area contributed by atoms with E-state index in [9.17, 15) is 9.18 Å². The number of carbonyl (C=O) groups excluding carboxylic acids is 1. The third-order valence-electron chi connectivity index (χ3n) is 5.18. The van der Waals surface area contributed by atoms with Crippen LogP contribution in [0.2, 0.25) is 0 Å². The Balaban J connectivity index is 1.37. The summed E-state index contributed by atoms with van der Waals surface area (Å²) in [4.78, 5) is 17.8. The summed E-state index contributed by atoms with van der Waals surface area (Å²) >= 11 is 1.32. The van der Waals surface area contributed by atoms with Crippen LogP contribution in [-0.2, 0) is 13.1 Å². The number of rotatable bonds is 5. The molecule has 146 valence electrons. The highest BCUT2D eigenvalue weighted by atomic mass is 32.1. The molecule has 0 spiro atoms. The Hall–Kier alpha value is -2.28. The molecule has 6 heteroatoms. The van der Waals surface area contributed by atoms with Gasteiger partial charge in [-0.3, -0.25) is 9.69 Å². The van der Waals surface area contributed by atoms with Gasteiger partial charge in [0.2, 0.25) is 0 Å². The van der Waals surface area contributed by atoms with Crippen LogP contribution in [-0.4, -0.2) is 48.9 Å². The van der Waals surface area contributed by atoms with Crippen LogP contribution in [0, 0.1) is 5.82 Å². The standard InChI is InChI=1S/C22H24FN3OS/c1-25-8-10-26(11-9-25)15-17-5-2-4-16(12-17)14-24-22(27)21-13-18-19(23)6-3-7-20(18)28-21/h2-7,12-13H,8-11,14-15H2,1H3,(H,24,27). The molecule has 1 N–H and O–H groups in total. The van der Waals surface area contributed by atoms with Crippen molar-refractivity contribution in [1.82, 2.24) is 15.1 Å². The zero-order chi connectivity index (χ0) is 19.5. The smallest absolute Gasteiger partial charge is 0.261 e. The van der Waals surface area contributed by atoms with Crippen molar-refractivity contribution in [2.24, 2.45) is 0 Å². The Bertz CT molecular complexity index is 979. The minimum Gasteiger partial charge on any atom is -0.347 e. The molecule has 4 rings (SSSR count). The van der Waals surface area contributed by atoms with Crippen LogP contribution in [0.15, 0.2) is 48.5 Å². The van der Waals surface area contributed by atoms with E-state index in [1.807, 2.05) is 18.2 Å². The van der Waals surface area contributed by atoms with Gasteiger partial charge in [0.15, 0.2) is 0 Å². The van der Waals surface area contributed by atoms with Gasteiger partial charge in [-0.25, -0.2) is 4.39 Å². The van der Waals surface area contributed by atoms with Crippen molar-refractivity contribution in [2.75, 3.05) is 33.2 Å². The summed E-state index contributed by atoms with van der Waals surface area (Å²) < 4.78 is 14.6. The van der Waals surface area contributed by atoms with Crippen LogP contribution < -0.4 is 5.32 Å². The topological polar surface area (TPSA) is 35.6 Å². The zero-order valence-corrected chi connectivity index (χ0v) is 16.8. The molecule has 0 atom stereocenters. The first-order valence-corrected chi connectivity index (χ1v) is 10.3. The van der Waals surface area contributed by atoms with Gasteiger partial charge in [-0.05, 0) is 36.4 Å². The number of benzene rings is 2. The highest BCUT2D eigenvalue weighted by molar-refractivity contribution is 7.20. The quantitative estimate of drug-likeness (QED) is 0.713. The fourth-order valence-electron chi connectivity index (χ4n) is 3.51. The number of nitrogens with one attached hydrogen (secondary N) is 1. The maximum Gasteiger partial charge on any atom is 0.261 e. The molecule has 1 aliphatic heterocycles. The van der Waals surface area contributed by atoms with Gasteiger partial charge in [-0.1, -0.05) is 30.3 Å². The number of amides is 1. The molecule has 1 aromatic heterocycles. The lowest BCUT2D eigenvalue weighted by atomic mass is 10.1. The number of carbonyl (C=O) groups is 1. The van der Waals surface area contributed by atoms with E-state index in [4.69, 9.17) is 0 Å². The molecule has 2 heterocycles. The molecule has 0 saturated carbocycles. The van der Waals surface area contributed by atoms with E-state index in [0.29, 0.717) is 16.8 Å². The number of fused-ring (bicyclic) bond motifs is 1. The van der Waals surface area contributed by atoms with Gasteiger partial charge in [0, 0.05) is 49.4 Å². The number of hydrogen-bond acceptors (Lipinski definition) is 4. The van der Waals surface area contributed by atoms with Gasteiger partial charge in [-0.2, -0.15) is 0 Å². The second-order valence-corrected chi connectivity index (χ2v) is 8.43. The summed E-state index contributed by atoms with van der Waals surface area (Å²) in [6.45, 7) is 5.77. The predicted octanol–water partition coefficient (Wildman–Crippen LogP) is 3.72. The van der Waals surface area contributed by atoms with Crippen LogP contribution in [0.4, 0.5) is 4.39 Å². The number of piperazine rings is 1. The molecule has 0 radical (unpaired) electrons. The van der Waals surface area contributed by atoms with E-state index in [2.05, 4.69) is 34.3 Å². The second kappa shape index (κ2) is 8.39. The van der Waals surface area contributed by atoms with E-state index in [1.54, 1.807) is 12.1 Å². The Morgan fingerprint density at radius 2 is 1.82 bits per heavy atom. The molecule has 28 heavy (non-hydrogen) atoms. The molecule has 0 unspecified atom stereocenters. The molecule has 4 nitrogen and oxygen atoms in total. The highest BCUT2D eigenvalue weighted by Crippen LogP contribution is 2.27. The molecule has 1 aliphatic rings. The summed E-state index contributed by atoms with van der Waals surface area (Å²) in [6, 6.07) is 14.9. The summed E-state index contributed by atoms with van der Waals surface area (Å²) in [5, 5.41) is 3.47. The molecule has 1 saturated heterocycles. The van der Waals surface area contributed by atoms with Gasteiger partial charge >= 0.3 is 0 Å². The molecule has 1 amide bonds.